The first-order chi connectivity index (χ1) is 7.39. The minimum Gasteiger partial charge on any atom is -0.385 e. The Morgan fingerprint density at radius 3 is 2.44 bits per heavy atom. The third kappa shape index (κ3) is 8.94. The van der Waals surface area contributed by atoms with Crippen LogP contribution in [0.25, 0.3) is 0 Å². The van der Waals surface area contributed by atoms with Crippen molar-refractivity contribution in [2.75, 3.05) is 33.4 Å². The summed E-state index contributed by atoms with van der Waals surface area (Å²) < 4.78 is 41.3. The Morgan fingerprint density at radius 1 is 1.38 bits per heavy atom. The smallest absolute Gasteiger partial charge is 0.385 e. The topological polar surface area (TPSA) is 38.5 Å². The van der Waals surface area contributed by atoms with Gasteiger partial charge in [-0.1, -0.05) is 6.92 Å². The van der Waals surface area contributed by atoms with Crippen LogP contribution in [-0.4, -0.2) is 50.5 Å². The van der Waals surface area contributed by atoms with Gasteiger partial charge in [0.15, 0.2) is 0 Å². The summed E-state index contributed by atoms with van der Waals surface area (Å²) in [5, 5.41) is 0. The van der Waals surface area contributed by atoms with Gasteiger partial charge in [-0.15, -0.1) is 0 Å². The predicted octanol–water partition coefficient (Wildman–Crippen LogP) is 1.62. The van der Waals surface area contributed by atoms with Crippen molar-refractivity contribution in [3.8, 4) is 0 Å². The molecule has 0 saturated carbocycles. The summed E-state index contributed by atoms with van der Waals surface area (Å²) in [7, 11) is 1.59. The van der Waals surface area contributed by atoms with Crippen molar-refractivity contribution in [1.29, 1.82) is 0 Å². The maximum Gasteiger partial charge on any atom is 0.401 e. The van der Waals surface area contributed by atoms with Gasteiger partial charge in [-0.05, 0) is 19.4 Å². The molecule has 0 bridgehead atoms. The highest BCUT2D eigenvalue weighted by Gasteiger charge is 2.30. The minimum atomic E-state index is -4.15. The zero-order valence-corrected chi connectivity index (χ0v) is 9.89. The number of nitrogens with zero attached hydrogens (tertiary/aromatic N) is 1. The van der Waals surface area contributed by atoms with Gasteiger partial charge < -0.3 is 10.5 Å². The van der Waals surface area contributed by atoms with E-state index in [2.05, 4.69) is 0 Å². The lowest BCUT2D eigenvalue weighted by Gasteiger charge is -2.25. The highest BCUT2D eigenvalue weighted by molar-refractivity contribution is 4.70. The summed E-state index contributed by atoms with van der Waals surface area (Å²) in [5.74, 6) is 0. The molecule has 0 aromatic heterocycles. The molecule has 0 saturated heterocycles. The van der Waals surface area contributed by atoms with Crippen LogP contribution in [0.1, 0.15) is 19.8 Å². The standard InChI is InChI=1S/C10H21F3N2O/c1-3-15(8-10(11,12)13)7-9(14)5-4-6-16-2/h9H,3-8,14H2,1-2H3. The molecule has 2 N–H and O–H groups in total. The number of ether oxygens (including phenoxy) is 1. The molecule has 98 valence electrons. The molecule has 0 fully saturated rings. The van der Waals surface area contributed by atoms with Crippen LogP contribution in [0.5, 0.6) is 0 Å². The summed E-state index contributed by atoms with van der Waals surface area (Å²) in [6, 6.07) is -0.225. The second-order valence-electron chi connectivity index (χ2n) is 3.84. The quantitative estimate of drug-likeness (QED) is 0.657. The Labute approximate surface area is 94.7 Å². The maximum atomic E-state index is 12.1. The van der Waals surface area contributed by atoms with Gasteiger partial charge in [-0.25, -0.2) is 0 Å². The monoisotopic (exact) mass is 242 g/mol. The van der Waals surface area contributed by atoms with Crippen LogP contribution in [0.15, 0.2) is 0 Å². The molecule has 1 unspecified atom stereocenters. The van der Waals surface area contributed by atoms with Crippen molar-refractivity contribution in [3.63, 3.8) is 0 Å². The van der Waals surface area contributed by atoms with Crippen LogP contribution >= 0.6 is 0 Å². The predicted molar refractivity (Wildman–Crippen MR) is 57.3 cm³/mol. The molecule has 1 atom stereocenters. The van der Waals surface area contributed by atoms with Crippen molar-refractivity contribution in [2.24, 2.45) is 5.73 Å². The molecule has 0 amide bonds. The summed E-state index contributed by atoms with van der Waals surface area (Å²) in [5.41, 5.74) is 5.75. The highest BCUT2D eigenvalue weighted by Crippen LogP contribution is 2.16. The zero-order chi connectivity index (χ0) is 12.6. The van der Waals surface area contributed by atoms with Gasteiger partial charge in [0.1, 0.15) is 0 Å². The minimum absolute atomic E-state index is 0.225. The van der Waals surface area contributed by atoms with Crippen LogP contribution in [0, 0.1) is 0 Å². The average Bonchev–Trinajstić information content (AvgIpc) is 2.15. The van der Waals surface area contributed by atoms with E-state index < -0.39 is 12.7 Å². The van der Waals surface area contributed by atoms with E-state index in [-0.39, 0.29) is 12.6 Å². The van der Waals surface area contributed by atoms with Crippen molar-refractivity contribution in [1.82, 2.24) is 4.90 Å². The molecular formula is C10H21F3N2O. The summed E-state index contributed by atoms with van der Waals surface area (Å²) >= 11 is 0. The first kappa shape index (κ1) is 15.7. The van der Waals surface area contributed by atoms with E-state index in [4.69, 9.17) is 10.5 Å². The third-order valence-electron chi connectivity index (χ3n) is 2.27. The molecule has 0 radical (unpaired) electrons. The Kier molecular flexibility index (Phi) is 7.70. The van der Waals surface area contributed by atoms with Crippen LogP contribution in [0.4, 0.5) is 13.2 Å². The molecule has 0 rings (SSSR count). The Hall–Kier alpha value is -0.330. The van der Waals surface area contributed by atoms with E-state index in [9.17, 15) is 13.2 Å². The molecule has 0 aromatic rings. The number of hydrogen-bond donors (Lipinski definition) is 1. The van der Waals surface area contributed by atoms with E-state index in [0.29, 0.717) is 19.6 Å². The van der Waals surface area contributed by atoms with Crippen LogP contribution in [-0.2, 0) is 4.74 Å². The number of rotatable bonds is 8. The van der Waals surface area contributed by atoms with Gasteiger partial charge in [0, 0.05) is 26.3 Å². The second kappa shape index (κ2) is 7.86. The first-order valence-electron chi connectivity index (χ1n) is 5.42. The van der Waals surface area contributed by atoms with E-state index in [1.165, 1.54) is 4.90 Å². The lowest BCUT2D eigenvalue weighted by molar-refractivity contribution is -0.145. The third-order valence-corrected chi connectivity index (χ3v) is 2.27. The van der Waals surface area contributed by atoms with Gasteiger partial charge >= 0.3 is 6.18 Å². The molecule has 16 heavy (non-hydrogen) atoms. The van der Waals surface area contributed by atoms with Crippen LogP contribution in [0.2, 0.25) is 0 Å². The van der Waals surface area contributed by atoms with Crippen molar-refractivity contribution in [3.05, 3.63) is 0 Å². The van der Waals surface area contributed by atoms with E-state index in [0.717, 1.165) is 6.42 Å². The molecule has 0 aliphatic heterocycles. The number of alkyl halides is 3. The fraction of sp³-hybridized carbons (Fsp3) is 1.00. The largest absolute Gasteiger partial charge is 0.401 e. The maximum absolute atomic E-state index is 12.1. The number of likely N-dealkylation sites (N-methyl/N-ethyl adjacent to an activating group) is 1. The van der Waals surface area contributed by atoms with Crippen LogP contribution < -0.4 is 5.73 Å². The highest BCUT2D eigenvalue weighted by atomic mass is 19.4. The van der Waals surface area contributed by atoms with E-state index in [1.54, 1.807) is 14.0 Å². The van der Waals surface area contributed by atoms with Gasteiger partial charge in [0.2, 0.25) is 0 Å². The number of halogens is 3. The summed E-state index contributed by atoms with van der Waals surface area (Å²) in [6.45, 7) is 2.05. The molecule has 0 aliphatic carbocycles. The van der Waals surface area contributed by atoms with E-state index >= 15 is 0 Å². The second-order valence-corrected chi connectivity index (χ2v) is 3.84. The Morgan fingerprint density at radius 2 is 2.00 bits per heavy atom. The van der Waals surface area contributed by atoms with Crippen molar-refractivity contribution >= 4 is 0 Å². The molecular weight excluding hydrogens is 221 g/mol. The number of methoxy groups -OCH3 is 1. The van der Waals surface area contributed by atoms with Gasteiger partial charge in [-0.2, -0.15) is 13.2 Å². The summed E-state index contributed by atoms with van der Waals surface area (Å²) in [4.78, 5) is 1.32. The van der Waals surface area contributed by atoms with E-state index in [1.807, 2.05) is 0 Å². The molecule has 0 spiro atoms. The average molecular weight is 242 g/mol. The Bertz CT molecular complexity index is 176. The first-order valence-corrected chi connectivity index (χ1v) is 5.42. The molecule has 6 heteroatoms. The lowest BCUT2D eigenvalue weighted by Crippen LogP contribution is -2.42. The number of nitrogens with two attached hydrogens (primary N) is 1. The van der Waals surface area contributed by atoms with Crippen molar-refractivity contribution < 1.29 is 17.9 Å². The van der Waals surface area contributed by atoms with Gasteiger partial charge in [0.25, 0.3) is 0 Å². The molecule has 3 nitrogen and oxygen atoms in total. The fourth-order valence-corrected chi connectivity index (χ4v) is 1.47. The molecule has 0 heterocycles. The lowest BCUT2D eigenvalue weighted by atomic mass is 10.1. The summed E-state index contributed by atoms with van der Waals surface area (Å²) in [6.07, 6.45) is -2.69. The SMILES string of the molecule is CCN(CC(N)CCCOC)CC(F)(F)F. The van der Waals surface area contributed by atoms with Crippen molar-refractivity contribution in [2.45, 2.75) is 32.0 Å². The zero-order valence-electron chi connectivity index (χ0n) is 9.89. The molecule has 0 aliphatic rings. The van der Waals surface area contributed by atoms with Gasteiger partial charge in [0.05, 0.1) is 6.54 Å². The normalized spacial score (nSPS) is 14.4. The molecule has 0 aromatic carbocycles. The fourth-order valence-electron chi connectivity index (χ4n) is 1.47. The Balaban J connectivity index is 3.83. The number of hydrogen-bond acceptors (Lipinski definition) is 3. The van der Waals surface area contributed by atoms with Gasteiger partial charge in [-0.3, -0.25) is 4.90 Å². The van der Waals surface area contributed by atoms with Crippen LogP contribution in [0.3, 0.4) is 0 Å².